The molecule has 9 heteroatoms. The number of fused-ring (bicyclic) bond motifs is 1. The van der Waals surface area contributed by atoms with Crippen molar-refractivity contribution in [3.8, 4) is 0 Å². The number of rotatable bonds is 5. The van der Waals surface area contributed by atoms with Gasteiger partial charge in [0.1, 0.15) is 0 Å². The molecule has 0 bridgehead atoms. The molecule has 1 aliphatic heterocycles. The first-order valence-corrected chi connectivity index (χ1v) is 8.45. The minimum absolute atomic E-state index is 0.210. The van der Waals surface area contributed by atoms with Crippen molar-refractivity contribution in [2.75, 3.05) is 30.2 Å². The Bertz CT molecular complexity index is 692. The average molecular weight is 333 g/mol. The Morgan fingerprint density at radius 2 is 2.14 bits per heavy atom. The molecule has 3 N–H and O–H groups in total. The van der Waals surface area contributed by atoms with Crippen molar-refractivity contribution in [2.45, 2.75) is 12.3 Å². The van der Waals surface area contributed by atoms with Gasteiger partial charge in [0.15, 0.2) is 0 Å². The van der Waals surface area contributed by atoms with E-state index in [0.29, 0.717) is 24.2 Å². The Morgan fingerprint density at radius 1 is 1.45 bits per heavy atom. The summed E-state index contributed by atoms with van der Waals surface area (Å²) in [4.78, 5) is 11.9. The summed E-state index contributed by atoms with van der Waals surface area (Å²) >= 11 is 0. The van der Waals surface area contributed by atoms with Gasteiger partial charge in [0.25, 0.3) is 11.8 Å². The number of carbonyl (C=O) groups excluding carboxylic acids is 1. The Morgan fingerprint density at radius 3 is 2.73 bits per heavy atom. The van der Waals surface area contributed by atoms with E-state index in [-0.39, 0.29) is 5.56 Å². The molecule has 0 fully saturated rings. The van der Waals surface area contributed by atoms with Crippen LogP contribution in [0.15, 0.2) is 18.2 Å². The van der Waals surface area contributed by atoms with Crippen LogP contribution in [0.2, 0.25) is 0 Å². The third-order valence-electron chi connectivity index (χ3n) is 3.40. The highest BCUT2D eigenvalue weighted by Crippen LogP contribution is 2.30. The summed E-state index contributed by atoms with van der Waals surface area (Å²) < 4.78 is 50.5. The van der Waals surface area contributed by atoms with Gasteiger partial charge in [0.05, 0.1) is 25.0 Å². The normalized spacial score (nSPS) is 14.8. The molecule has 122 valence electrons. The largest absolute Gasteiger partial charge is 0.346 e. The van der Waals surface area contributed by atoms with Crippen molar-refractivity contribution < 1.29 is 22.0 Å². The highest BCUT2D eigenvalue weighted by atomic mass is 32.2. The van der Waals surface area contributed by atoms with E-state index in [4.69, 9.17) is 5.73 Å². The van der Waals surface area contributed by atoms with Gasteiger partial charge in [-0.1, -0.05) is 0 Å². The molecule has 2 rings (SSSR count). The lowest BCUT2D eigenvalue weighted by Crippen LogP contribution is -2.41. The van der Waals surface area contributed by atoms with Crippen LogP contribution in [0.25, 0.3) is 0 Å². The number of nitrogens with two attached hydrogens (primary N) is 1. The minimum atomic E-state index is -3.36. The predicted molar refractivity (Wildman–Crippen MR) is 78.7 cm³/mol. The van der Waals surface area contributed by atoms with Crippen molar-refractivity contribution >= 4 is 21.6 Å². The molecule has 0 unspecified atom stereocenters. The number of nitrogens with one attached hydrogen (secondary N) is 1. The standard InChI is InChI=1S/C13H17F2N3O3S/c1-22(20,21)18-5-4-9-6-10(2-3-11(9)18)12(19)17-8-13(14,15)7-16/h2-3,6H,4-5,7-8,16H2,1H3,(H,17,19). The van der Waals surface area contributed by atoms with Gasteiger partial charge in [0, 0.05) is 12.1 Å². The van der Waals surface area contributed by atoms with E-state index < -0.39 is 34.9 Å². The van der Waals surface area contributed by atoms with Gasteiger partial charge in [-0.05, 0) is 30.2 Å². The fourth-order valence-electron chi connectivity index (χ4n) is 2.24. The summed E-state index contributed by atoms with van der Waals surface area (Å²) in [5.74, 6) is -3.80. The molecule has 0 aliphatic carbocycles. The number of sulfonamides is 1. The first-order valence-electron chi connectivity index (χ1n) is 6.61. The van der Waals surface area contributed by atoms with Crippen LogP contribution >= 0.6 is 0 Å². The summed E-state index contributed by atoms with van der Waals surface area (Å²) in [5.41, 5.74) is 6.32. The number of benzene rings is 1. The molecule has 0 atom stereocenters. The lowest BCUT2D eigenvalue weighted by molar-refractivity contribution is 0.0118. The number of amides is 1. The smallest absolute Gasteiger partial charge is 0.277 e. The van der Waals surface area contributed by atoms with Gasteiger partial charge in [-0.2, -0.15) is 0 Å². The number of anilines is 1. The molecule has 0 radical (unpaired) electrons. The van der Waals surface area contributed by atoms with E-state index in [1.54, 1.807) is 0 Å². The fraction of sp³-hybridized carbons (Fsp3) is 0.462. The van der Waals surface area contributed by atoms with Gasteiger partial charge >= 0.3 is 0 Å². The quantitative estimate of drug-likeness (QED) is 0.812. The van der Waals surface area contributed by atoms with Crippen LogP contribution in [0, 0.1) is 0 Å². The van der Waals surface area contributed by atoms with Crippen molar-refractivity contribution in [3.05, 3.63) is 29.3 Å². The number of halogens is 2. The van der Waals surface area contributed by atoms with Gasteiger partial charge in [-0.15, -0.1) is 0 Å². The van der Waals surface area contributed by atoms with E-state index in [1.807, 2.05) is 0 Å². The zero-order valence-electron chi connectivity index (χ0n) is 12.0. The number of nitrogens with zero attached hydrogens (tertiary/aromatic N) is 1. The molecular formula is C13H17F2N3O3S. The Hall–Kier alpha value is -1.74. The molecule has 1 aromatic carbocycles. The van der Waals surface area contributed by atoms with E-state index in [2.05, 4.69) is 5.32 Å². The molecule has 22 heavy (non-hydrogen) atoms. The summed E-state index contributed by atoms with van der Waals surface area (Å²) in [6.07, 6.45) is 1.58. The van der Waals surface area contributed by atoms with Crippen LogP contribution in [-0.2, 0) is 16.4 Å². The zero-order chi connectivity index (χ0) is 16.5. The Kier molecular flexibility index (Phi) is 4.39. The van der Waals surface area contributed by atoms with E-state index in [9.17, 15) is 22.0 Å². The molecule has 0 spiro atoms. The lowest BCUT2D eigenvalue weighted by atomic mass is 10.1. The molecule has 1 aromatic rings. The van der Waals surface area contributed by atoms with Crippen LogP contribution in [0.4, 0.5) is 14.5 Å². The monoisotopic (exact) mass is 333 g/mol. The maximum absolute atomic E-state index is 13.0. The minimum Gasteiger partial charge on any atom is -0.346 e. The average Bonchev–Trinajstić information content (AvgIpc) is 2.87. The topological polar surface area (TPSA) is 92.5 Å². The third-order valence-corrected chi connectivity index (χ3v) is 4.58. The molecule has 1 heterocycles. The second kappa shape index (κ2) is 5.81. The number of hydrogen-bond acceptors (Lipinski definition) is 4. The first kappa shape index (κ1) is 16.6. The maximum Gasteiger partial charge on any atom is 0.277 e. The molecule has 1 amide bonds. The van der Waals surface area contributed by atoms with Gasteiger partial charge in [-0.25, -0.2) is 17.2 Å². The van der Waals surface area contributed by atoms with Crippen LogP contribution in [0.5, 0.6) is 0 Å². The predicted octanol–water partition coefficient (Wildman–Crippen LogP) is 0.333. The van der Waals surface area contributed by atoms with Crippen LogP contribution in [0.3, 0.4) is 0 Å². The highest BCUT2D eigenvalue weighted by Gasteiger charge is 2.29. The number of carbonyl (C=O) groups is 1. The second-order valence-electron chi connectivity index (χ2n) is 5.17. The van der Waals surface area contributed by atoms with Crippen molar-refractivity contribution in [3.63, 3.8) is 0 Å². The molecule has 0 saturated heterocycles. The van der Waals surface area contributed by atoms with E-state index in [0.717, 1.165) is 6.26 Å². The van der Waals surface area contributed by atoms with Gasteiger partial charge < -0.3 is 11.1 Å². The van der Waals surface area contributed by atoms with Crippen molar-refractivity contribution in [2.24, 2.45) is 5.73 Å². The Balaban J connectivity index is 2.14. The number of alkyl halides is 2. The van der Waals surface area contributed by atoms with Gasteiger partial charge in [0.2, 0.25) is 10.0 Å². The van der Waals surface area contributed by atoms with Crippen LogP contribution in [0.1, 0.15) is 15.9 Å². The van der Waals surface area contributed by atoms with E-state index in [1.165, 1.54) is 22.5 Å². The van der Waals surface area contributed by atoms with Crippen molar-refractivity contribution in [1.29, 1.82) is 0 Å². The molecule has 6 nitrogen and oxygen atoms in total. The van der Waals surface area contributed by atoms with E-state index >= 15 is 0 Å². The molecule has 0 saturated carbocycles. The first-order chi connectivity index (χ1) is 10.1. The van der Waals surface area contributed by atoms with Crippen molar-refractivity contribution in [1.82, 2.24) is 5.32 Å². The number of hydrogen-bond donors (Lipinski definition) is 2. The highest BCUT2D eigenvalue weighted by molar-refractivity contribution is 7.92. The summed E-state index contributed by atoms with van der Waals surface area (Å²) in [7, 11) is -3.36. The Labute approximate surface area is 127 Å². The molecule has 1 aliphatic rings. The third kappa shape index (κ3) is 3.53. The zero-order valence-corrected chi connectivity index (χ0v) is 12.8. The summed E-state index contributed by atoms with van der Waals surface area (Å²) in [6, 6.07) is 4.45. The second-order valence-corrected chi connectivity index (χ2v) is 7.08. The van der Waals surface area contributed by atoms with Crippen LogP contribution < -0.4 is 15.4 Å². The molecule has 0 aromatic heterocycles. The maximum atomic E-state index is 13.0. The van der Waals surface area contributed by atoms with Crippen LogP contribution in [-0.4, -0.2) is 46.1 Å². The fourth-order valence-corrected chi connectivity index (χ4v) is 3.20. The summed E-state index contributed by atoms with van der Waals surface area (Å²) in [5, 5.41) is 2.12. The van der Waals surface area contributed by atoms with Gasteiger partial charge in [-0.3, -0.25) is 9.10 Å². The lowest BCUT2D eigenvalue weighted by Gasteiger charge is -2.17. The SMILES string of the molecule is CS(=O)(=O)N1CCc2cc(C(=O)NCC(F)(F)CN)ccc21. The summed E-state index contributed by atoms with van der Waals surface area (Å²) in [6.45, 7) is -1.37. The molecular weight excluding hydrogens is 316 g/mol.